The van der Waals surface area contributed by atoms with Gasteiger partial charge < -0.3 is 15.4 Å². The Kier molecular flexibility index (Phi) is 4.61. The Hall–Kier alpha value is -3.80. The van der Waals surface area contributed by atoms with Gasteiger partial charge in [-0.2, -0.15) is 10.1 Å². The fraction of sp³-hybridized carbons (Fsp3) is 0.273. The van der Waals surface area contributed by atoms with E-state index >= 15 is 0 Å². The molecule has 1 atom stereocenters. The summed E-state index contributed by atoms with van der Waals surface area (Å²) >= 11 is 0. The van der Waals surface area contributed by atoms with Gasteiger partial charge in [-0.15, -0.1) is 0 Å². The number of hydrogen-bond donors (Lipinski definition) is 2. The summed E-state index contributed by atoms with van der Waals surface area (Å²) in [5.74, 6) is 0.980. The van der Waals surface area contributed by atoms with Crippen LogP contribution in [0.25, 0.3) is 39.2 Å². The van der Waals surface area contributed by atoms with E-state index in [1.807, 2.05) is 38.7 Å². The van der Waals surface area contributed by atoms with E-state index in [-0.39, 0.29) is 11.2 Å². The molecule has 5 aromatic heterocycles. The van der Waals surface area contributed by atoms with E-state index in [1.54, 1.807) is 31.8 Å². The quantitative estimate of drug-likeness (QED) is 0.399. The number of rotatable bonds is 4. The maximum atomic E-state index is 11.6. The fourth-order valence-corrected chi connectivity index (χ4v) is 4.55. The molecular formula is C22H23N9O2. The third-order valence-corrected chi connectivity index (χ3v) is 6.35. The minimum absolute atomic E-state index is 0.128. The summed E-state index contributed by atoms with van der Waals surface area (Å²) in [6.45, 7) is 1.51. The van der Waals surface area contributed by atoms with E-state index in [0.717, 1.165) is 53.8 Å². The Morgan fingerprint density at radius 1 is 1.15 bits per heavy atom. The summed E-state index contributed by atoms with van der Waals surface area (Å²) in [5, 5.41) is 19.1. The SMILES string of the molecule is C[NH+]([O-])N1CCC(n2cc(-c3cnc(N)c4oc(-c5cnc6cnccn56)cc34)cn2)CC1. The zero-order valence-corrected chi connectivity index (χ0v) is 18.0. The number of nitrogens with zero attached hydrogens (tertiary/aromatic N) is 7. The van der Waals surface area contributed by atoms with Crippen LogP contribution in [0.3, 0.4) is 0 Å². The van der Waals surface area contributed by atoms with Crippen LogP contribution in [0.1, 0.15) is 18.9 Å². The molecule has 0 spiro atoms. The topological polar surface area (TPSA) is 131 Å². The van der Waals surface area contributed by atoms with Gasteiger partial charge in [0.05, 0.1) is 31.7 Å². The van der Waals surface area contributed by atoms with Crippen molar-refractivity contribution >= 4 is 22.4 Å². The first-order valence-electron chi connectivity index (χ1n) is 10.8. The molecule has 5 aromatic rings. The van der Waals surface area contributed by atoms with Gasteiger partial charge in [0.1, 0.15) is 5.69 Å². The van der Waals surface area contributed by atoms with Crippen molar-refractivity contribution in [1.82, 2.24) is 34.1 Å². The second-order valence-corrected chi connectivity index (χ2v) is 8.30. The first-order valence-corrected chi connectivity index (χ1v) is 10.8. The lowest BCUT2D eigenvalue weighted by molar-refractivity contribution is -0.955. The van der Waals surface area contributed by atoms with Crippen LogP contribution in [0, 0.1) is 5.21 Å². The van der Waals surface area contributed by atoms with Gasteiger partial charge in [-0.1, -0.05) is 0 Å². The third kappa shape index (κ3) is 3.33. The molecule has 6 rings (SSSR count). The summed E-state index contributed by atoms with van der Waals surface area (Å²) in [6.07, 6.45) is 14.4. The Balaban J connectivity index is 1.36. The molecule has 3 N–H and O–H groups in total. The summed E-state index contributed by atoms with van der Waals surface area (Å²) in [5.41, 5.74) is 10.1. The molecule has 11 nitrogen and oxygen atoms in total. The number of nitrogens with one attached hydrogen (secondary N) is 1. The van der Waals surface area contributed by atoms with Crippen LogP contribution in [-0.4, -0.2) is 54.3 Å². The minimum Gasteiger partial charge on any atom is -0.613 e. The molecule has 1 saturated heterocycles. The van der Waals surface area contributed by atoms with E-state index in [1.165, 1.54) is 0 Å². The number of furan rings is 1. The predicted molar refractivity (Wildman–Crippen MR) is 122 cm³/mol. The van der Waals surface area contributed by atoms with Crippen LogP contribution in [0.5, 0.6) is 0 Å². The van der Waals surface area contributed by atoms with Gasteiger partial charge in [-0.05, 0) is 18.9 Å². The van der Waals surface area contributed by atoms with E-state index in [2.05, 4.69) is 20.1 Å². The molecule has 0 bridgehead atoms. The van der Waals surface area contributed by atoms with Gasteiger partial charge in [0.25, 0.3) is 0 Å². The summed E-state index contributed by atoms with van der Waals surface area (Å²) < 4.78 is 10.0. The zero-order valence-electron chi connectivity index (χ0n) is 18.0. The number of hydrogen-bond acceptors (Lipinski definition) is 8. The molecule has 1 aliphatic heterocycles. The van der Waals surface area contributed by atoms with Gasteiger partial charge in [-0.25, -0.2) is 9.97 Å². The average molecular weight is 445 g/mol. The molecule has 1 fully saturated rings. The minimum atomic E-state index is 0.128. The Bertz CT molecular complexity index is 1440. The van der Waals surface area contributed by atoms with Gasteiger partial charge in [0.15, 0.2) is 22.8 Å². The lowest BCUT2D eigenvalue weighted by Crippen LogP contribution is -3.11. The first-order chi connectivity index (χ1) is 16.1. The van der Waals surface area contributed by atoms with Crippen molar-refractivity contribution < 1.29 is 9.59 Å². The number of fused-ring (bicyclic) bond motifs is 2. The van der Waals surface area contributed by atoms with Gasteiger partial charge >= 0.3 is 0 Å². The van der Waals surface area contributed by atoms with Crippen LogP contribution < -0.4 is 10.9 Å². The molecule has 33 heavy (non-hydrogen) atoms. The summed E-state index contributed by atoms with van der Waals surface area (Å²) in [6, 6.07) is 2.23. The maximum Gasteiger partial charge on any atom is 0.177 e. The Morgan fingerprint density at radius 2 is 2.00 bits per heavy atom. The Labute approximate surface area is 188 Å². The zero-order chi connectivity index (χ0) is 22.5. The van der Waals surface area contributed by atoms with Crippen molar-refractivity contribution in [3.05, 3.63) is 54.7 Å². The highest BCUT2D eigenvalue weighted by Gasteiger charge is 2.24. The average Bonchev–Trinajstić information content (AvgIpc) is 3.57. The highest BCUT2D eigenvalue weighted by atomic mass is 16.5. The number of anilines is 1. The van der Waals surface area contributed by atoms with Crippen molar-refractivity contribution in [2.45, 2.75) is 18.9 Å². The number of aromatic nitrogens is 6. The highest BCUT2D eigenvalue weighted by Crippen LogP contribution is 2.37. The van der Waals surface area contributed by atoms with Crippen LogP contribution in [-0.2, 0) is 0 Å². The smallest absolute Gasteiger partial charge is 0.177 e. The monoisotopic (exact) mass is 445 g/mol. The van der Waals surface area contributed by atoms with Crippen molar-refractivity contribution in [2.24, 2.45) is 0 Å². The molecule has 0 amide bonds. The lowest BCUT2D eigenvalue weighted by atomic mass is 10.1. The van der Waals surface area contributed by atoms with Crippen LogP contribution in [0.4, 0.5) is 5.82 Å². The largest absolute Gasteiger partial charge is 0.613 e. The number of imidazole rings is 1. The summed E-state index contributed by atoms with van der Waals surface area (Å²) in [4.78, 5) is 12.9. The predicted octanol–water partition coefficient (Wildman–Crippen LogP) is 1.55. The van der Waals surface area contributed by atoms with E-state index in [9.17, 15) is 5.21 Å². The third-order valence-electron chi connectivity index (χ3n) is 6.35. The second kappa shape index (κ2) is 7.66. The van der Waals surface area contributed by atoms with E-state index < -0.39 is 0 Å². The number of hydroxylamine groups is 1. The molecule has 1 unspecified atom stereocenters. The van der Waals surface area contributed by atoms with Crippen LogP contribution in [0.2, 0.25) is 0 Å². The van der Waals surface area contributed by atoms with Gasteiger partial charge in [0.2, 0.25) is 0 Å². The summed E-state index contributed by atoms with van der Waals surface area (Å²) in [7, 11) is 1.62. The number of quaternary nitrogens is 1. The van der Waals surface area contributed by atoms with Crippen molar-refractivity contribution in [1.29, 1.82) is 0 Å². The molecular weight excluding hydrogens is 422 g/mol. The lowest BCUT2D eigenvalue weighted by Gasteiger charge is -2.36. The molecule has 168 valence electrons. The maximum absolute atomic E-state index is 11.6. The molecule has 0 radical (unpaired) electrons. The molecule has 11 heteroatoms. The fourth-order valence-electron chi connectivity index (χ4n) is 4.55. The van der Waals surface area contributed by atoms with E-state index in [4.69, 9.17) is 10.2 Å². The van der Waals surface area contributed by atoms with Gasteiger partial charge in [0, 0.05) is 54.4 Å². The van der Waals surface area contributed by atoms with Crippen LogP contribution in [0.15, 0.2) is 53.9 Å². The molecule has 6 heterocycles. The number of piperidine rings is 1. The molecule has 0 aliphatic carbocycles. The Morgan fingerprint density at radius 3 is 2.82 bits per heavy atom. The molecule has 0 aromatic carbocycles. The number of nitrogens with two attached hydrogens (primary N) is 1. The van der Waals surface area contributed by atoms with Crippen molar-refractivity contribution in [2.75, 3.05) is 25.9 Å². The number of nitrogen functional groups attached to an aromatic ring is 1. The highest BCUT2D eigenvalue weighted by molar-refractivity contribution is 6.00. The van der Waals surface area contributed by atoms with Crippen LogP contribution >= 0.6 is 0 Å². The first kappa shape index (κ1) is 19.9. The normalized spacial score (nSPS) is 16.7. The van der Waals surface area contributed by atoms with Crippen molar-refractivity contribution in [3.8, 4) is 22.6 Å². The van der Waals surface area contributed by atoms with Crippen molar-refractivity contribution in [3.63, 3.8) is 0 Å². The number of pyridine rings is 1. The molecule has 1 aliphatic rings. The van der Waals surface area contributed by atoms with Gasteiger partial charge in [-0.3, -0.25) is 19.2 Å². The molecule has 0 saturated carbocycles. The second-order valence-electron chi connectivity index (χ2n) is 8.30. The standard InChI is InChI=1S/C22H23N9O2/c1-28(32)29-5-2-15(3-6-29)31-13-14(9-27-31)17-10-26-22(23)21-16(17)8-19(33-21)18-11-25-20-12-24-4-7-30(18)20/h4,7-13,15,28H,2-3,5-6H2,1H3,(H2,23,26). The van der Waals surface area contributed by atoms with E-state index in [0.29, 0.717) is 17.2 Å².